The van der Waals surface area contributed by atoms with Crippen molar-refractivity contribution in [3.05, 3.63) is 35.2 Å². The monoisotopic (exact) mass is 354 g/mol. The van der Waals surface area contributed by atoms with E-state index in [1.165, 1.54) is 6.42 Å². The Hall–Kier alpha value is -2.50. The SMILES string of the molecule is Cc1nc2ccc(C(=O)NCCNC(=O)C3CCCCC3)cc2nc1C. The van der Waals surface area contributed by atoms with E-state index in [1.807, 2.05) is 19.9 Å². The van der Waals surface area contributed by atoms with Crippen molar-refractivity contribution in [3.63, 3.8) is 0 Å². The van der Waals surface area contributed by atoms with Gasteiger partial charge < -0.3 is 10.6 Å². The molecule has 1 heterocycles. The highest BCUT2D eigenvalue weighted by molar-refractivity contribution is 5.97. The number of carbonyl (C=O) groups excluding carboxylic acids is 2. The van der Waals surface area contributed by atoms with Gasteiger partial charge in [-0.1, -0.05) is 19.3 Å². The van der Waals surface area contributed by atoms with Crippen LogP contribution in [0.15, 0.2) is 18.2 Å². The molecule has 26 heavy (non-hydrogen) atoms. The Labute approximate surface area is 153 Å². The molecule has 138 valence electrons. The van der Waals surface area contributed by atoms with Gasteiger partial charge in [0.15, 0.2) is 0 Å². The first-order valence-electron chi connectivity index (χ1n) is 9.35. The summed E-state index contributed by atoms with van der Waals surface area (Å²) in [7, 11) is 0. The molecule has 0 saturated heterocycles. The predicted molar refractivity (Wildman–Crippen MR) is 101 cm³/mol. The zero-order valence-electron chi connectivity index (χ0n) is 15.5. The number of nitrogens with zero attached hydrogens (tertiary/aromatic N) is 2. The Morgan fingerprint density at radius 1 is 0.962 bits per heavy atom. The van der Waals surface area contributed by atoms with Crippen LogP contribution in [0.4, 0.5) is 0 Å². The van der Waals surface area contributed by atoms with Gasteiger partial charge in [-0.15, -0.1) is 0 Å². The van der Waals surface area contributed by atoms with Crippen LogP contribution in [0, 0.1) is 19.8 Å². The van der Waals surface area contributed by atoms with Gasteiger partial charge in [0.2, 0.25) is 5.91 Å². The summed E-state index contributed by atoms with van der Waals surface area (Å²) in [6.45, 7) is 4.69. The van der Waals surface area contributed by atoms with Crippen LogP contribution in [-0.2, 0) is 4.79 Å². The molecule has 2 amide bonds. The number of aromatic nitrogens is 2. The topological polar surface area (TPSA) is 84.0 Å². The first-order chi connectivity index (χ1) is 12.5. The lowest BCUT2D eigenvalue weighted by atomic mass is 9.89. The Morgan fingerprint density at radius 3 is 2.35 bits per heavy atom. The normalized spacial score (nSPS) is 15.0. The average molecular weight is 354 g/mol. The highest BCUT2D eigenvalue weighted by Gasteiger charge is 2.20. The van der Waals surface area contributed by atoms with Crippen LogP contribution in [0.5, 0.6) is 0 Å². The maximum absolute atomic E-state index is 12.3. The Bertz CT molecular complexity index is 813. The quantitative estimate of drug-likeness (QED) is 0.809. The number of benzene rings is 1. The van der Waals surface area contributed by atoms with Gasteiger partial charge in [-0.05, 0) is 44.9 Å². The second-order valence-corrected chi connectivity index (χ2v) is 6.98. The Kier molecular flexibility index (Phi) is 5.81. The molecule has 3 rings (SSSR count). The molecule has 2 N–H and O–H groups in total. The molecular weight excluding hydrogens is 328 g/mol. The number of fused-ring (bicyclic) bond motifs is 1. The fraction of sp³-hybridized carbons (Fsp3) is 0.500. The van der Waals surface area contributed by atoms with Crippen molar-refractivity contribution in [2.45, 2.75) is 46.0 Å². The van der Waals surface area contributed by atoms with Gasteiger partial charge in [0, 0.05) is 24.6 Å². The van der Waals surface area contributed by atoms with Crippen molar-refractivity contribution in [3.8, 4) is 0 Å². The van der Waals surface area contributed by atoms with E-state index in [9.17, 15) is 9.59 Å². The van der Waals surface area contributed by atoms with E-state index in [0.717, 1.165) is 42.6 Å². The lowest BCUT2D eigenvalue weighted by molar-refractivity contribution is -0.125. The number of nitrogens with one attached hydrogen (secondary N) is 2. The van der Waals surface area contributed by atoms with Gasteiger partial charge in [-0.2, -0.15) is 0 Å². The van der Waals surface area contributed by atoms with Crippen LogP contribution in [-0.4, -0.2) is 34.9 Å². The summed E-state index contributed by atoms with van der Waals surface area (Å²) >= 11 is 0. The van der Waals surface area contributed by atoms with E-state index in [-0.39, 0.29) is 17.7 Å². The molecule has 0 aliphatic heterocycles. The number of aryl methyl sites for hydroxylation is 2. The number of amides is 2. The zero-order chi connectivity index (χ0) is 18.5. The van der Waals surface area contributed by atoms with Gasteiger partial charge in [0.25, 0.3) is 5.91 Å². The van der Waals surface area contributed by atoms with Crippen LogP contribution in [0.25, 0.3) is 11.0 Å². The molecular formula is C20H26N4O2. The van der Waals surface area contributed by atoms with Crippen LogP contribution in [0.3, 0.4) is 0 Å². The number of carbonyl (C=O) groups is 2. The fourth-order valence-corrected chi connectivity index (χ4v) is 3.34. The summed E-state index contributed by atoms with van der Waals surface area (Å²) in [5.74, 6) is 0.0924. The maximum Gasteiger partial charge on any atom is 0.251 e. The lowest BCUT2D eigenvalue weighted by Crippen LogP contribution is -2.38. The van der Waals surface area contributed by atoms with Gasteiger partial charge in [0.1, 0.15) is 0 Å². The van der Waals surface area contributed by atoms with Crippen molar-refractivity contribution in [2.24, 2.45) is 5.92 Å². The van der Waals surface area contributed by atoms with Gasteiger partial charge in [-0.25, -0.2) is 9.97 Å². The van der Waals surface area contributed by atoms with Crippen molar-refractivity contribution >= 4 is 22.8 Å². The van der Waals surface area contributed by atoms with Crippen LogP contribution in [0.1, 0.15) is 53.8 Å². The minimum absolute atomic E-state index is 0.116. The number of rotatable bonds is 5. The number of hydrogen-bond donors (Lipinski definition) is 2. The van der Waals surface area contributed by atoms with Crippen LogP contribution in [0.2, 0.25) is 0 Å². The minimum Gasteiger partial charge on any atom is -0.354 e. The van der Waals surface area contributed by atoms with Crippen molar-refractivity contribution in [1.29, 1.82) is 0 Å². The second-order valence-electron chi connectivity index (χ2n) is 6.98. The average Bonchev–Trinajstić information content (AvgIpc) is 2.66. The summed E-state index contributed by atoms with van der Waals surface area (Å²) in [6.07, 6.45) is 5.47. The minimum atomic E-state index is -0.168. The molecule has 1 aliphatic carbocycles. The van der Waals surface area contributed by atoms with E-state index in [2.05, 4.69) is 20.6 Å². The summed E-state index contributed by atoms with van der Waals surface area (Å²) < 4.78 is 0. The predicted octanol–water partition coefficient (Wildman–Crippen LogP) is 2.67. The highest BCUT2D eigenvalue weighted by atomic mass is 16.2. The third-order valence-electron chi connectivity index (χ3n) is 5.02. The molecule has 0 spiro atoms. The summed E-state index contributed by atoms with van der Waals surface area (Å²) in [5, 5.41) is 5.77. The van der Waals surface area contributed by atoms with E-state index in [0.29, 0.717) is 24.2 Å². The second kappa shape index (κ2) is 8.25. The Morgan fingerprint density at radius 2 is 1.62 bits per heavy atom. The summed E-state index contributed by atoms with van der Waals surface area (Å²) in [6, 6.07) is 5.32. The number of hydrogen-bond acceptors (Lipinski definition) is 4. The molecule has 0 bridgehead atoms. The van der Waals surface area contributed by atoms with E-state index in [4.69, 9.17) is 0 Å². The fourth-order valence-electron chi connectivity index (χ4n) is 3.34. The van der Waals surface area contributed by atoms with Gasteiger partial charge >= 0.3 is 0 Å². The maximum atomic E-state index is 12.3. The molecule has 1 aromatic heterocycles. The third-order valence-corrected chi connectivity index (χ3v) is 5.02. The molecule has 6 nitrogen and oxygen atoms in total. The molecule has 0 radical (unpaired) electrons. The molecule has 0 atom stereocenters. The molecule has 1 aliphatic rings. The van der Waals surface area contributed by atoms with Gasteiger partial charge in [0.05, 0.1) is 22.4 Å². The summed E-state index contributed by atoms with van der Waals surface area (Å²) in [4.78, 5) is 33.4. The summed E-state index contributed by atoms with van der Waals surface area (Å²) in [5.41, 5.74) is 3.80. The van der Waals surface area contributed by atoms with Crippen molar-refractivity contribution < 1.29 is 9.59 Å². The molecule has 1 aromatic carbocycles. The van der Waals surface area contributed by atoms with Gasteiger partial charge in [-0.3, -0.25) is 9.59 Å². The van der Waals surface area contributed by atoms with Crippen molar-refractivity contribution in [2.75, 3.05) is 13.1 Å². The zero-order valence-corrected chi connectivity index (χ0v) is 15.5. The molecule has 2 aromatic rings. The smallest absolute Gasteiger partial charge is 0.251 e. The van der Waals surface area contributed by atoms with E-state index < -0.39 is 0 Å². The molecule has 1 saturated carbocycles. The van der Waals surface area contributed by atoms with Crippen LogP contribution >= 0.6 is 0 Å². The first kappa shape index (κ1) is 18.3. The standard InChI is InChI=1S/C20H26N4O2/c1-13-14(2)24-18-12-16(8-9-17(18)23-13)20(26)22-11-10-21-19(25)15-6-4-3-5-7-15/h8-9,12,15H,3-7,10-11H2,1-2H3,(H,21,25)(H,22,26). The van der Waals surface area contributed by atoms with E-state index >= 15 is 0 Å². The third kappa shape index (κ3) is 4.36. The Balaban J connectivity index is 1.51. The van der Waals surface area contributed by atoms with E-state index in [1.54, 1.807) is 12.1 Å². The molecule has 1 fully saturated rings. The lowest BCUT2D eigenvalue weighted by Gasteiger charge is -2.20. The molecule has 6 heteroatoms. The molecule has 0 unspecified atom stereocenters. The highest BCUT2D eigenvalue weighted by Crippen LogP contribution is 2.23. The largest absolute Gasteiger partial charge is 0.354 e. The first-order valence-corrected chi connectivity index (χ1v) is 9.35. The van der Waals surface area contributed by atoms with Crippen molar-refractivity contribution in [1.82, 2.24) is 20.6 Å². The van der Waals surface area contributed by atoms with Crippen LogP contribution < -0.4 is 10.6 Å².